The number of carboxylic acid groups (broad SMARTS) is 1. The highest BCUT2D eigenvalue weighted by atomic mass is 79.9. The molecule has 1 saturated heterocycles. The Labute approximate surface area is 170 Å². The van der Waals surface area contributed by atoms with Crippen LogP contribution in [0.5, 0.6) is 11.5 Å². The van der Waals surface area contributed by atoms with E-state index in [1.54, 1.807) is 17.0 Å². The first-order chi connectivity index (χ1) is 13.4. The minimum atomic E-state index is -0.971. The highest BCUT2D eigenvalue weighted by molar-refractivity contribution is 9.10. The molecule has 0 aromatic heterocycles. The van der Waals surface area contributed by atoms with Gasteiger partial charge in [-0.05, 0) is 36.6 Å². The molecule has 1 heterocycles. The number of likely N-dealkylation sites (tertiary alicyclic amines) is 1. The van der Waals surface area contributed by atoms with E-state index in [9.17, 15) is 18.7 Å². The first-order valence-corrected chi connectivity index (χ1v) is 9.51. The number of carboxylic acids is 1. The molecule has 1 N–H and O–H groups in total. The SMILES string of the molecule is COc1cc(Br)c(C(c2ccc(F)cc2F)N2CCCC2C(=O)O)cc1OC. The second kappa shape index (κ2) is 8.45. The number of benzene rings is 2. The van der Waals surface area contributed by atoms with E-state index in [4.69, 9.17) is 9.47 Å². The van der Waals surface area contributed by atoms with Crippen molar-refractivity contribution in [1.82, 2.24) is 4.90 Å². The lowest BCUT2D eigenvalue weighted by Gasteiger charge is -2.33. The van der Waals surface area contributed by atoms with Crippen LogP contribution in [0.2, 0.25) is 0 Å². The summed E-state index contributed by atoms with van der Waals surface area (Å²) in [6.45, 7) is 0.471. The van der Waals surface area contributed by atoms with Gasteiger partial charge in [-0.15, -0.1) is 0 Å². The molecular formula is C20H20BrF2NO4. The molecular weight excluding hydrogens is 436 g/mol. The molecule has 0 aliphatic carbocycles. The molecule has 150 valence electrons. The van der Waals surface area contributed by atoms with Gasteiger partial charge in [0.15, 0.2) is 11.5 Å². The molecule has 5 nitrogen and oxygen atoms in total. The second-order valence-electron chi connectivity index (χ2n) is 6.53. The number of ether oxygens (including phenoxy) is 2. The van der Waals surface area contributed by atoms with Crippen molar-refractivity contribution in [3.63, 3.8) is 0 Å². The van der Waals surface area contributed by atoms with Crippen LogP contribution in [-0.2, 0) is 4.79 Å². The number of halogens is 3. The molecule has 28 heavy (non-hydrogen) atoms. The van der Waals surface area contributed by atoms with E-state index >= 15 is 0 Å². The van der Waals surface area contributed by atoms with E-state index in [1.165, 1.54) is 26.4 Å². The summed E-state index contributed by atoms with van der Waals surface area (Å²) >= 11 is 3.49. The minimum Gasteiger partial charge on any atom is -0.493 e. The Bertz CT molecular complexity index is 893. The van der Waals surface area contributed by atoms with Crippen molar-refractivity contribution in [3.05, 3.63) is 57.6 Å². The Morgan fingerprint density at radius 3 is 2.46 bits per heavy atom. The molecule has 2 aromatic carbocycles. The Morgan fingerprint density at radius 2 is 1.86 bits per heavy atom. The number of methoxy groups -OCH3 is 2. The standard InChI is InChI=1S/C20H20BrF2NO4/c1-27-17-9-13(14(21)10-18(17)28-2)19(12-6-5-11(22)8-15(12)23)24-7-3-4-16(24)20(25)26/h5-6,8-10,16,19H,3-4,7H2,1-2H3,(H,25,26). The zero-order valence-corrected chi connectivity index (χ0v) is 17.0. The molecule has 0 amide bonds. The van der Waals surface area contributed by atoms with Crippen molar-refractivity contribution in [2.45, 2.75) is 24.9 Å². The number of carbonyl (C=O) groups is 1. The van der Waals surface area contributed by atoms with Gasteiger partial charge in [-0.3, -0.25) is 9.69 Å². The smallest absolute Gasteiger partial charge is 0.320 e. The Morgan fingerprint density at radius 1 is 1.18 bits per heavy atom. The summed E-state index contributed by atoms with van der Waals surface area (Å²) in [4.78, 5) is 13.5. The minimum absolute atomic E-state index is 0.197. The van der Waals surface area contributed by atoms with Crippen LogP contribution in [-0.4, -0.2) is 42.8 Å². The van der Waals surface area contributed by atoms with E-state index in [2.05, 4.69) is 15.9 Å². The number of hydrogen-bond acceptors (Lipinski definition) is 4. The molecule has 0 bridgehead atoms. The first kappa shape index (κ1) is 20.5. The maximum atomic E-state index is 14.7. The fraction of sp³-hybridized carbons (Fsp3) is 0.350. The van der Waals surface area contributed by atoms with Crippen LogP contribution >= 0.6 is 15.9 Å². The van der Waals surface area contributed by atoms with Gasteiger partial charge in [-0.2, -0.15) is 0 Å². The molecule has 0 saturated carbocycles. The van der Waals surface area contributed by atoms with Gasteiger partial charge < -0.3 is 14.6 Å². The molecule has 2 unspecified atom stereocenters. The second-order valence-corrected chi connectivity index (χ2v) is 7.39. The van der Waals surface area contributed by atoms with E-state index < -0.39 is 29.7 Å². The van der Waals surface area contributed by atoms with Crippen LogP contribution in [0.3, 0.4) is 0 Å². The summed E-state index contributed by atoms with van der Waals surface area (Å²) < 4.78 is 39.5. The predicted molar refractivity (Wildman–Crippen MR) is 103 cm³/mol. The van der Waals surface area contributed by atoms with Crippen LogP contribution < -0.4 is 9.47 Å². The van der Waals surface area contributed by atoms with Crippen molar-refractivity contribution >= 4 is 21.9 Å². The fourth-order valence-corrected chi connectivity index (χ4v) is 4.23. The number of nitrogens with zero attached hydrogens (tertiary/aromatic N) is 1. The van der Waals surface area contributed by atoms with Gasteiger partial charge >= 0.3 is 5.97 Å². The maximum absolute atomic E-state index is 14.7. The van der Waals surface area contributed by atoms with Crippen molar-refractivity contribution in [3.8, 4) is 11.5 Å². The van der Waals surface area contributed by atoms with Crippen LogP contribution in [0.4, 0.5) is 8.78 Å². The van der Waals surface area contributed by atoms with Crippen molar-refractivity contribution in [1.29, 1.82) is 0 Å². The number of rotatable bonds is 6. The third kappa shape index (κ3) is 3.84. The summed E-state index contributed by atoms with van der Waals surface area (Å²) in [6, 6.07) is 5.21. The average molecular weight is 456 g/mol. The first-order valence-electron chi connectivity index (χ1n) is 8.72. The van der Waals surface area contributed by atoms with Crippen molar-refractivity contribution in [2.75, 3.05) is 20.8 Å². The van der Waals surface area contributed by atoms with E-state index in [0.717, 1.165) is 6.07 Å². The highest BCUT2D eigenvalue weighted by Crippen LogP contribution is 2.43. The number of hydrogen-bond donors (Lipinski definition) is 1. The van der Waals surface area contributed by atoms with Gasteiger partial charge in [0.05, 0.1) is 20.3 Å². The molecule has 1 aliphatic rings. The van der Waals surface area contributed by atoms with E-state index in [1.807, 2.05) is 0 Å². The average Bonchev–Trinajstić information content (AvgIpc) is 3.14. The van der Waals surface area contributed by atoms with Crippen LogP contribution in [0.25, 0.3) is 0 Å². The molecule has 0 spiro atoms. The quantitative estimate of drug-likeness (QED) is 0.699. The zero-order chi connectivity index (χ0) is 20.4. The van der Waals surface area contributed by atoms with Gasteiger partial charge in [0.2, 0.25) is 0 Å². The molecule has 0 radical (unpaired) electrons. The van der Waals surface area contributed by atoms with Gasteiger partial charge in [0.25, 0.3) is 0 Å². The third-order valence-electron chi connectivity index (χ3n) is 4.97. The van der Waals surface area contributed by atoms with Gasteiger partial charge in [-0.1, -0.05) is 22.0 Å². The molecule has 2 aromatic rings. The lowest BCUT2D eigenvalue weighted by molar-refractivity contribution is -0.142. The molecule has 3 rings (SSSR count). The highest BCUT2D eigenvalue weighted by Gasteiger charge is 2.39. The summed E-state index contributed by atoms with van der Waals surface area (Å²) in [7, 11) is 2.99. The summed E-state index contributed by atoms with van der Waals surface area (Å²) in [5, 5.41) is 9.64. The Kier molecular flexibility index (Phi) is 6.20. The number of aliphatic carboxylic acids is 1. The Balaban J connectivity index is 2.21. The largest absolute Gasteiger partial charge is 0.493 e. The van der Waals surface area contributed by atoms with Gasteiger partial charge in [0, 0.05) is 22.6 Å². The predicted octanol–water partition coefficient (Wildman–Crippen LogP) is 4.38. The lowest BCUT2D eigenvalue weighted by Crippen LogP contribution is -2.39. The van der Waals surface area contributed by atoms with Crippen LogP contribution in [0.1, 0.15) is 30.0 Å². The van der Waals surface area contributed by atoms with Gasteiger partial charge in [0.1, 0.15) is 17.7 Å². The summed E-state index contributed by atoms with van der Waals surface area (Å²) in [5.74, 6) is -1.49. The van der Waals surface area contributed by atoms with Gasteiger partial charge in [-0.25, -0.2) is 8.78 Å². The van der Waals surface area contributed by atoms with Crippen molar-refractivity contribution < 1.29 is 28.2 Å². The topological polar surface area (TPSA) is 59.0 Å². The third-order valence-corrected chi connectivity index (χ3v) is 5.65. The summed E-state index contributed by atoms with van der Waals surface area (Å²) in [6.07, 6.45) is 1.13. The summed E-state index contributed by atoms with van der Waals surface area (Å²) in [5.41, 5.74) is 0.804. The normalized spacial score (nSPS) is 18.1. The van der Waals surface area contributed by atoms with E-state index in [-0.39, 0.29) is 5.56 Å². The Hall–Kier alpha value is -2.19. The molecule has 2 atom stereocenters. The molecule has 8 heteroatoms. The molecule has 1 fully saturated rings. The van der Waals surface area contributed by atoms with E-state index in [0.29, 0.717) is 40.9 Å². The maximum Gasteiger partial charge on any atom is 0.320 e. The fourth-order valence-electron chi connectivity index (χ4n) is 3.69. The lowest BCUT2D eigenvalue weighted by atomic mass is 9.95. The van der Waals surface area contributed by atoms with Crippen LogP contribution in [0, 0.1) is 11.6 Å². The monoisotopic (exact) mass is 455 g/mol. The van der Waals surface area contributed by atoms with Crippen LogP contribution in [0.15, 0.2) is 34.8 Å². The van der Waals surface area contributed by atoms with Crippen molar-refractivity contribution in [2.24, 2.45) is 0 Å². The zero-order valence-electron chi connectivity index (χ0n) is 15.4. The molecule has 1 aliphatic heterocycles.